The molecule has 0 bridgehead atoms. The molecule has 0 radical (unpaired) electrons. The SMILES string of the molecule is CCCCNCCNC(O)c1cc(C(F)(F)F)nc2c(C(F)(F)F)cccc12. The third kappa shape index (κ3) is 5.55. The van der Waals surface area contributed by atoms with Crippen LogP contribution in [0.3, 0.4) is 0 Å². The van der Waals surface area contributed by atoms with Crippen LogP contribution in [0.15, 0.2) is 24.3 Å². The van der Waals surface area contributed by atoms with Crippen molar-refractivity contribution in [2.45, 2.75) is 38.3 Å². The molecule has 4 nitrogen and oxygen atoms in total. The van der Waals surface area contributed by atoms with Crippen LogP contribution in [0.25, 0.3) is 10.9 Å². The lowest BCUT2D eigenvalue weighted by molar-refractivity contribution is -0.142. The van der Waals surface area contributed by atoms with Crippen LogP contribution in [-0.2, 0) is 12.4 Å². The number of aliphatic hydroxyl groups is 1. The van der Waals surface area contributed by atoms with E-state index in [1.165, 1.54) is 6.07 Å². The van der Waals surface area contributed by atoms with Gasteiger partial charge in [-0.2, -0.15) is 26.3 Å². The number of unbranched alkanes of at least 4 members (excludes halogenated alkanes) is 1. The molecule has 0 fully saturated rings. The van der Waals surface area contributed by atoms with Crippen LogP contribution >= 0.6 is 0 Å². The molecule has 156 valence electrons. The van der Waals surface area contributed by atoms with Gasteiger partial charge in [-0.1, -0.05) is 25.5 Å². The summed E-state index contributed by atoms with van der Waals surface area (Å²) in [6.07, 6.45) is -9.47. The molecule has 0 aliphatic heterocycles. The number of pyridine rings is 1. The molecular formula is C18H21F6N3O. The number of fused-ring (bicyclic) bond motifs is 1. The number of aromatic nitrogens is 1. The fourth-order valence-electron chi connectivity index (χ4n) is 2.71. The van der Waals surface area contributed by atoms with Gasteiger partial charge in [0.15, 0.2) is 0 Å². The fourth-order valence-corrected chi connectivity index (χ4v) is 2.71. The highest BCUT2D eigenvalue weighted by atomic mass is 19.4. The number of nitrogens with zero attached hydrogens (tertiary/aromatic N) is 1. The summed E-state index contributed by atoms with van der Waals surface area (Å²) in [5, 5.41) is 15.8. The van der Waals surface area contributed by atoms with Gasteiger partial charge in [0.05, 0.1) is 11.1 Å². The minimum absolute atomic E-state index is 0.193. The second-order valence-electron chi connectivity index (χ2n) is 6.25. The standard InChI is InChI=1S/C18H21F6N3O/c1-2-3-7-25-8-9-26-16(28)12-10-14(18(22,23)24)27-15-11(12)5-4-6-13(15)17(19,20)21/h4-6,10,16,25-26,28H,2-3,7-9H2,1H3. The van der Waals surface area contributed by atoms with Gasteiger partial charge in [0.2, 0.25) is 0 Å². The van der Waals surface area contributed by atoms with Crippen molar-refractivity contribution in [2.75, 3.05) is 19.6 Å². The summed E-state index contributed by atoms with van der Waals surface area (Å²) < 4.78 is 79.1. The normalized spacial score (nSPS) is 13.9. The highest BCUT2D eigenvalue weighted by molar-refractivity contribution is 5.86. The number of alkyl halides is 6. The first-order valence-corrected chi connectivity index (χ1v) is 8.76. The molecule has 0 saturated carbocycles. The Balaban J connectivity index is 2.38. The van der Waals surface area contributed by atoms with Crippen molar-refractivity contribution in [2.24, 2.45) is 0 Å². The minimum atomic E-state index is -4.96. The van der Waals surface area contributed by atoms with Crippen LogP contribution in [0, 0.1) is 0 Å². The summed E-state index contributed by atoms with van der Waals surface area (Å²) in [6, 6.07) is 3.52. The third-order valence-electron chi connectivity index (χ3n) is 4.11. The first kappa shape index (κ1) is 22.4. The fraction of sp³-hybridized carbons (Fsp3) is 0.500. The number of aliphatic hydroxyl groups excluding tert-OH is 1. The average molecular weight is 409 g/mol. The highest BCUT2D eigenvalue weighted by Crippen LogP contribution is 2.38. The van der Waals surface area contributed by atoms with E-state index in [0.29, 0.717) is 18.7 Å². The van der Waals surface area contributed by atoms with E-state index >= 15 is 0 Å². The summed E-state index contributed by atoms with van der Waals surface area (Å²) in [4.78, 5) is 3.19. The Hall–Kier alpha value is -1.91. The van der Waals surface area contributed by atoms with Crippen LogP contribution in [0.1, 0.15) is 42.8 Å². The van der Waals surface area contributed by atoms with E-state index < -0.39 is 35.4 Å². The molecule has 1 aromatic carbocycles. The number of hydrogen-bond acceptors (Lipinski definition) is 4. The van der Waals surface area contributed by atoms with Gasteiger partial charge in [-0.15, -0.1) is 0 Å². The monoisotopic (exact) mass is 409 g/mol. The Morgan fingerprint density at radius 3 is 2.36 bits per heavy atom. The van der Waals surface area contributed by atoms with Crippen molar-refractivity contribution in [3.63, 3.8) is 0 Å². The van der Waals surface area contributed by atoms with Gasteiger partial charge in [-0.25, -0.2) is 4.98 Å². The summed E-state index contributed by atoms with van der Waals surface area (Å²) in [5.74, 6) is 0. The van der Waals surface area contributed by atoms with Crippen molar-refractivity contribution in [1.82, 2.24) is 15.6 Å². The van der Waals surface area contributed by atoms with Crippen molar-refractivity contribution < 1.29 is 31.4 Å². The zero-order valence-electron chi connectivity index (χ0n) is 15.1. The Kier molecular flexibility index (Phi) is 7.24. The average Bonchev–Trinajstić information content (AvgIpc) is 2.61. The summed E-state index contributed by atoms with van der Waals surface area (Å²) in [5.41, 5.74) is -3.93. The van der Waals surface area contributed by atoms with E-state index in [-0.39, 0.29) is 17.5 Å². The quantitative estimate of drug-likeness (QED) is 0.347. The molecule has 3 N–H and O–H groups in total. The van der Waals surface area contributed by atoms with Crippen molar-refractivity contribution >= 4 is 10.9 Å². The maximum atomic E-state index is 13.2. The Labute approximate surface area is 158 Å². The maximum absolute atomic E-state index is 13.2. The van der Waals surface area contributed by atoms with E-state index in [4.69, 9.17) is 0 Å². The number of para-hydroxylation sites is 1. The van der Waals surface area contributed by atoms with Crippen LogP contribution < -0.4 is 10.6 Å². The van der Waals surface area contributed by atoms with E-state index in [1.807, 2.05) is 6.92 Å². The molecule has 0 saturated heterocycles. The molecule has 0 spiro atoms. The first-order chi connectivity index (χ1) is 13.1. The Bertz CT molecular complexity index is 791. The van der Waals surface area contributed by atoms with Gasteiger partial charge in [-0.05, 0) is 25.1 Å². The third-order valence-corrected chi connectivity index (χ3v) is 4.11. The van der Waals surface area contributed by atoms with Gasteiger partial charge in [0, 0.05) is 24.0 Å². The van der Waals surface area contributed by atoms with Crippen LogP contribution in [0.4, 0.5) is 26.3 Å². The van der Waals surface area contributed by atoms with Gasteiger partial charge >= 0.3 is 12.4 Å². The van der Waals surface area contributed by atoms with E-state index in [0.717, 1.165) is 25.5 Å². The van der Waals surface area contributed by atoms with E-state index in [1.54, 1.807) is 0 Å². The lowest BCUT2D eigenvalue weighted by Crippen LogP contribution is -2.31. The summed E-state index contributed by atoms with van der Waals surface area (Å²) >= 11 is 0. The molecule has 0 amide bonds. The van der Waals surface area contributed by atoms with Gasteiger partial charge in [-0.3, -0.25) is 5.32 Å². The molecule has 10 heteroatoms. The largest absolute Gasteiger partial charge is 0.433 e. The lowest BCUT2D eigenvalue weighted by Gasteiger charge is -2.19. The molecule has 1 atom stereocenters. The molecular weight excluding hydrogens is 388 g/mol. The smallest absolute Gasteiger partial charge is 0.374 e. The van der Waals surface area contributed by atoms with Crippen LogP contribution in [0.5, 0.6) is 0 Å². The van der Waals surface area contributed by atoms with Gasteiger partial charge in [0.1, 0.15) is 11.9 Å². The lowest BCUT2D eigenvalue weighted by atomic mass is 10.0. The Morgan fingerprint density at radius 2 is 1.75 bits per heavy atom. The summed E-state index contributed by atoms with van der Waals surface area (Å²) in [6.45, 7) is 3.43. The van der Waals surface area contributed by atoms with E-state index in [2.05, 4.69) is 15.6 Å². The second-order valence-corrected chi connectivity index (χ2v) is 6.25. The number of rotatable bonds is 8. The van der Waals surface area contributed by atoms with Crippen molar-refractivity contribution in [1.29, 1.82) is 0 Å². The topological polar surface area (TPSA) is 57.2 Å². The highest BCUT2D eigenvalue weighted by Gasteiger charge is 2.37. The van der Waals surface area contributed by atoms with Gasteiger partial charge in [0.25, 0.3) is 0 Å². The maximum Gasteiger partial charge on any atom is 0.433 e. The minimum Gasteiger partial charge on any atom is -0.374 e. The molecule has 1 heterocycles. The number of halogens is 6. The zero-order valence-corrected chi connectivity index (χ0v) is 15.1. The Morgan fingerprint density at radius 1 is 1.04 bits per heavy atom. The molecule has 0 aliphatic rings. The first-order valence-electron chi connectivity index (χ1n) is 8.76. The predicted octanol–water partition coefficient (Wildman–Crippen LogP) is 4.24. The molecule has 2 rings (SSSR count). The predicted molar refractivity (Wildman–Crippen MR) is 92.5 cm³/mol. The van der Waals surface area contributed by atoms with Crippen LogP contribution in [0.2, 0.25) is 0 Å². The summed E-state index contributed by atoms with van der Waals surface area (Å²) in [7, 11) is 0. The van der Waals surface area contributed by atoms with Crippen molar-refractivity contribution in [3.8, 4) is 0 Å². The molecule has 1 unspecified atom stereocenters. The zero-order chi connectivity index (χ0) is 20.9. The van der Waals surface area contributed by atoms with E-state index in [9.17, 15) is 31.4 Å². The number of benzene rings is 1. The molecule has 2 aromatic rings. The van der Waals surface area contributed by atoms with Crippen LogP contribution in [-0.4, -0.2) is 29.7 Å². The van der Waals surface area contributed by atoms with Gasteiger partial charge < -0.3 is 10.4 Å². The molecule has 28 heavy (non-hydrogen) atoms. The number of hydrogen-bond donors (Lipinski definition) is 3. The molecule has 0 aliphatic carbocycles. The van der Waals surface area contributed by atoms with Crippen molar-refractivity contribution in [3.05, 3.63) is 41.1 Å². The molecule has 1 aromatic heterocycles. The second kappa shape index (κ2) is 9.06. The number of nitrogens with one attached hydrogen (secondary N) is 2.